The molecule has 1 aromatic heterocycles. The monoisotopic (exact) mass is 486 g/mol. The summed E-state index contributed by atoms with van der Waals surface area (Å²) in [6.45, 7) is 4.13. The minimum atomic E-state index is -1.13. The minimum absolute atomic E-state index is 0.0437. The van der Waals surface area contributed by atoms with Crippen molar-refractivity contribution < 1.29 is 23.9 Å². The fourth-order valence-electron chi connectivity index (χ4n) is 5.65. The van der Waals surface area contributed by atoms with Crippen LogP contribution in [0, 0.1) is 5.92 Å². The minimum Gasteiger partial charge on any atom is -0.465 e. The zero-order valence-electron chi connectivity index (χ0n) is 19.8. The molecule has 3 fully saturated rings. The predicted octanol–water partition coefficient (Wildman–Crippen LogP) is 1.55. The predicted molar refractivity (Wildman–Crippen MR) is 127 cm³/mol. The molecule has 0 bridgehead atoms. The lowest BCUT2D eigenvalue weighted by Gasteiger charge is -2.40. The van der Waals surface area contributed by atoms with Gasteiger partial charge in [0.1, 0.15) is 6.17 Å². The summed E-state index contributed by atoms with van der Waals surface area (Å²) in [4.78, 5) is 40.9. The average Bonchev–Trinajstić information content (AvgIpc) is 3.17. The zero-order chi connectivity index (χ0) is 24.7. The number of alkyl halides is 1. The lowest BCUT2D eigenvalue weighted by atomic mass is 9.92. The van der Waals surface area contributed by atoms with E-state index in [1.807, 2.05) is 23.9 Å². The molecule has 3 aliphatic heterocycles. The van der Waals surface area contributed by atoms with Crippen LogP contribution < -0.4 is 10.2 Å². The van der Waals surface area contributed by atoms with Gasteiger partial charge < -0.3 is 14.9 Å². The number of piperidine rings is 2. The molecular weight excluding hydrogens is 455 g/mol. The number of fused-ring (bicyclic) bond motifs is 1. The number of carbonyl (C=O) groups is 3. The second-order valence-corrected chi connectivity index (χ2v) is 9.77. The number of anilines is 1. The number of imide groups is 1. The Morgan fingerprint density at radius 2 is 1.94 bits per heavy atom. The molecule has 1 aromatic carbocycles. The lowest BCUT2D eigenvalue weighted by Crippen LogP contribution is -2.52. The maximum absolute atomic E-state index is 14.6. The zero-order valence-corrected chi connectivity index (χ0v) is 19.8. The van der Waals surface area contributed by atoms with Crippen molar-refractivity contribution in [1.82, 2.24) is 24.9 Å². The van der Waals surface area contributed by atoms with E-state index in [0.29, 0.717) is 38.0 Å². The first-order chi connectivity index (χ1) is 16.8. The van der Waals surface area contributed by atoms with Crippen LogP contribution in [0.25, 0.3) is 10.9 Å². The van der Waals surface area contributed by atoms with Gasteiger partial charge in [-0.1, -0.05) is 12.1 Å². The fraction of sp³-hybridized carbons (Fsp3) is 0.583. The molecule has 2 N–H and O–H groups in total. The van der Waals surface area contributed by atoms with Crippen LogP contribution in [-0.2, 0) is 16.6 Å². The van der Waals surface area contributed by atoms with Gasteiger partial charge in [-0.15, -0.1) is 0 Å². The van der Waals surface area contributed by atoms with Gasteiger partial charge in [-0.25, -0.2) is 9.18 Å². The second kappa shape index (κ2) is 9.44. The van der Waals surface area contributed by atoms with E-state index in [4.69, 9.17) is 5.11 Å². The van der Waals surface area contributed by atoms with Crippen molar-refractivity contribution in [2.24, 2.45) is 13.0 Å². The molecule has 3 atom stereocenters. The Morgan fingerprint density at radius 1 is 1.17 bits per heavy atom. The van der Waals surface area contributed by atoms with Crippen LogP contribution in [0.1, 0.15) is 30.9 Å². The summed E-state index contributed by atoms with van der Waals surface area (Å²) in [5.41, 5.74) is 2.72. The van der Waals surface area contributed by atoms with Crippen molar-refractivity contribution >= 4 is 34.5 Å². The number of benzene rings is 1. The molecule has 35 heavy (non-hydrogen) atoms. The number of nitrogens with zero attached hydrogens (tertiary/aromatic N) is 5. The quantitative estimate of drug-likeness (QED) is 0.631. The fourth-order valence-corrected chi connectivity index (χ4v) is 5.65. The van der Waals surface area contributed by atoms with E-state index in [-0.39, 0.29) is 24.3 Å². The summed E-state index contributed by atoms with van der Waals surface area (Å²) < 4.78 is 16.4. The van der Waals surface area contributed by atoms with Crippen molar-refractivity contribution in [3.8, 4) is 0 Å². The van der Waals surface area contributed by atoms with E-state index in [2.05, 4.69) is 26.3 Å². The number of piperazine rings is 1. The maximum atomic E-state index is 14.6. The van der Waals surface area contributed by atoms with Gasteiger partial charge in [0.2, 0.25) is 11.8 Å². The average molecular weight is 487 g/mol. The van der Waals surface area contributed by atoms with E-state index in [9.17, 15) is 18.8 Å². The van der Waals surface area contributed by atoms with E-state index < -0.39 is 18.2 Å². The summed E-state index contributed by atoms with van der Waals surface area (Å²) >= 11 is 0. The highest BCUT2D eigenvalue weighted by Crippen LogP contribution is 2.35. The van der Waals surface area contributed by atoms with Crippen molar-refractivity contribution in [2.75, 3.05) is 50.7 Å². The summed E-state index contributed by atoms with van der Waals surface area (Å²) in [7, 11) is 1.88. The Labute approximate surface area is 202 Å². The Kier molecular flexibility index (Phi) is 6.35. The highest BCUT2D eigenvalue weighted by molar-refractivity contribution is 6.03. The molecule has 3 aliphatic rings. The molecule has 188 valence electrons. The van der Waals surface area contributed by atoms with Crippen LogP contribution in [0.5, 0.6) is 0 Å². The second-order valence-electron chi connectivity index (χ2n) is 9.77. The first-order valence-corrected chi connectivity index (χ1v) is 12.2. The third kappa shape index (κ3) is 4.56. The number of hydrogen-bond acceptors (Lipinski definition) is 6. The van der Waals surface area contributed by atoms with Crippen LogP contribution in [0.4, 0.5) is 14.9 Å². The van der Waals surface area contributed by atoms with Crippen LogP contribution in [-0.4, -0.2) is 94.6 Å². The Bertz CT molecular complexity index is 1140. The van der Waals surface area contributed by atoms with Crippen molar-refractivity contribution in [3.05, 3.63) is 23.9 Å². The number of halogens is 1. The highest BCUT2D eigenvalue weighted by Gasteiger charge is 2.34. The first-order valence-electron chi connectivity index (χ1n) is 12.2. The summed E-state index contributed by atoms with van der Waals surface area (Å²) in [6.07, 6.45) is -0.867. The summed E-state index contributed by atoms with van der Waals surface area (Å²) in [6, 6.07) is 6.02. The molecule has 10 nitrogen and oxygen atoms in total. The van der Waals surface area contributed by atoms with Gasteiger partial charge >= 0.3 is 6.09 Å². The molecule has 0 saturated carbocycles. The number of hydrogen-bond donors (Lipinski definition) is 2. The number of rotatable bonds is 4. The summed E-state index contributed by atoms with van der Waals surface area (Å²) in [5.74, 6) is -1.12. The molecule has 11 heteroatoms. The Balaban J connectivity index is 1.27. The van der Waals surface area contributed by atoms with Gasteiger partial charge in [-0.3, -0.25) is 24.5 Å². The number of carboxylic acid groups (broad SMARTS) is 1. The normalized spacial score (nSPS) is 26.3. The first kappa shape index (κ1) is 23.5. The number of aryl methyl sites for hydroxylation is 1. The van der Waals surface area contributed by atoms with Gasteiger partial charge in [-0.2, -0.15) is 5.10 Å². The van der Waals surface area contributed by atoms with Crippen LogP contribution in [0.2, 0.25) is 0 Å². The summed E-state index contributed by atoms with van der Waals surface area (Å²) in [5, 5.41) is 17.1. The number of aromatic nitrogens is 2. The molecule has 5 rings (SSSR count). The van der Waals surface area contributed by atoms with E-state index in [1.165, 1.54) is 0 Å². The standard InChI is InChI=1S/C24H31FN6O4/c1-28-22-16(21(27-28)17-5-6-20(32)26-23(17)33)3-2-4-19(22)30-11-9-29(10-12-30)13-15-7-8-31(24(34)35)14-18(15)25/h2-4,15,17-18H,5-14H2,1H3,(H,34,35)(H,26,32,33)/t15-,17?,18+/m1/s1. The van der Waals surface area contributed by atoms with Gasteiger partial charge in [0, 0.05) is 64.0 Å². The Hall–Kier alpha value is -3.21. The molecule has 1 unspecified atom stereocenters. The number of carbonyl (C=O) groups excluding carboxylic acids is 2. The van der Waals surface area contributed by atoms with Crippen molar-refractivity contribution in [1.29, 1.82) is 0 Å². The van der Waals surface area contributed by atoms with Gasteiger partial charge in [0.25, 0.3) is 0 Å². The van der Waals surface area contributed by atoms with Crippen LogP contribution in [0.15, 0.2) is 18.2 Å². The topological polar surface area (TPSA) is 111 Å². The molecule has 0 radical (unpaired) electrons. The highest BCUT2D eigenvalue weighted by atomic mass is 19.1. The molecule has 3 amide bonds. The van der Waals surface area contributed by atoms with E-state index >= 15 is 0 Å². The lowest BCUT2D eigenvalue weighted by molar-refractivity contribution is -0.134. The van der Waals surface area contributed by atoms with Crippen LogP contribution >= 0.6 is 0 Å². The van der Waals surface area contributed by atoms with E-state index in [0.717, 1.165) is 47.7 Å². The third-order valence-electron chi connectivity index (χ3n) is 7.59. The number of likely N-dealkylation sites (tertiary alicyclic amines) is 1. The van der Waals surface area contributed by atoms with Crippen molar-refractivity contribution in [2.45, 2.75) is 31.4 Å². The number of para-hydroxylation sites is 1. The molecule has 3 saturated heterocycles. The Morgan fingerprint density at radius 3 is 2.63 bits per heavy atom. The molecule has 2 aromatic rings. The van der Waals surface area contributed by atoms with Crippen molar-refractivity contribution in [3.63, 3.8) is 0 Å². The molecule has 0 spiro atoms. The van der Waals surface area contributed by atoms with E-state index in [1.54, 1.807) is 0 Å². The van der Waals surface area contributed by atoms with Crippen LogP contribution in [0.3, 0.4) is 0 Å². The molecule has 0 aliphatic carbocycles. The number of amides is 3. The number of nitrogens with one attached hydrogen (secondary N) is 1. The SMILES string of the molecule is Cn1nc(C2CCC(=O)NC2=O)c2cccc(N3CCN(C[C@H]4CCN(C(=O)O)C[C@@H]4F)CC3)c21. The molecular formula is C24H31FN6O4. The van der Waals surface area contributed by atoms with Gasteiger partial charge in [0.05, 0.1) is 29.4 Å². The van der Waals surface area contributed by atoms with Gasteiger partial charge in [-0.05, 0) is 18.9 Å². The smallest absolute Gasteiger partial charge is 0.407 e. The van der Waals surface area contributed by atoms with Gasteiger partial charge in [0.15, 0.2) is 0 Å². The largest absolute Gasteiger partial charge is 0.465 e. The third-order valence-corrected chi connectivity index (χ3v) is 7.59. The maximum Gasteiger partial charge on any atom is 0.407 e. The molecule has 4 heterocycles.